The number of nitro groups is 1. The lowest BCUT2D eigenvalue weighted by Crippen LogP contribution is -2.42. The number of ether oxygens (including phenoxy) is 1. The Balaban J connectivity index is 1.33. The van der Waals surface area contributed by atoms with Crippen molar-refractivity contribution in [1.29, 1.82) is 0 Å². The Morgan fingerprint density at radius 3 is 2.60 bits per heavy atom. The van der Waals surface area contributed by atoms with E-state index in [2.05, 4.69) is 4.98 Å². The summed E-state index contributed by atoms with van der Waals surface area (Å²) in [5, 5.41) is 22.2. The normalized spacial score (nSPS) is 28.9. The zero-order valence-corrected chi connectivity index (χ0v) is 24.0. The Kier molecular flexibility index (Phi) is 6.44. The number of carbonyl (C=O) groups excluding carboxylic acids is 2. The second-order valence-electron chi connectivity index (χ2n) is 11.0. The SMILES string of the molecule is O=C(O)CN1C(=O)[C@@H]2[C@H]3C[C@@H]([C@@H]2C1=O)[C@@H]1[C@H](c2cc([N+](=O)[O-])ccc2OCc2ccccc2Cl)c2sc(=O)[nH]c2S[C@@H]31. The highest BCUT2D eigenvalue weighted by molar-refractivity contribution is 8.00. The number of fused-ring (bicyclic) bond motifs is 9. The van der Waals surface area contributed by atoms with Crippen LogP contribution in [0.2, 0.25) is 5.02 Å². The number of carboxylic acid groups (broad SMARTS) is 1. The van der Waals surface area contributed by atoms with E-state index >= 15 is 0 Å². The topological polar surface area (TPSA) is 160 Å². The summed E-state index contributed by atoms with van der Waals surface area (Å²) >= 11 is 8.84. The van der Waals surface area contributed by atoms with Crippen molar-refractivity contribution in [3.8, 4) is 5.75 Å². The highest BCUT2D eigenvalue weighted by Crippen LogP contribution is 2.69. The minimum atomic E-state index is -1.26. The molecule has 0 unspecified atom stereocenters. The van der Waals surface area contributed by atoms with Crippen LogP contribution < -0.4 is 9.61 Å². The number of carbonyl (C=O) groups is 3. The molecule has 0 spiro atoms. The quantitative estimate of drug-likeness (QED) is 0.223. The van der Waals surface area contributed by atoms with Crippen LogP contribution in [0.4, 0.5) is 5.69 Å². The second kappa shape index (κ2) is 9.96. The minimum Gasteiger partial charge on any atom is -0.489 e. The third-order valence-corrected chi connectivity index (χ3v) is 11.9. The molecule has 14 heteroatoms. The van der Waals surface area contributed by atoms with Crippen molar-refractivity contribution in [1.82, 2.24) is 9.88 Å². The van der Waals surface area contributed by atoms with E-state index in [1.807, 2.05) is 12.1 Å². The Morgan fingerprint density at radius 1 is 1.14 bits per heavy atom. The molecule has 2 N–H and O–H groups in total. The van der Waals surface area contributed by atoms with E-state index in [0.29, 0.717) is 32.7 Å². The lowest BCUT2D eigenvalue weighted by atomic mass is 9.68. The van der Waals surface area contributed by atoms with Gasteiger partial charge in [-0.3, -0.25) is 34.2 Å². The van der Waals surface area contributed by atoms with Crippen LogP contribution in [0.15, 0.2) is 52.3 Å². The number of nitrogens with one attached hydrogen (secondary N) is 1. The molecule has 7 atom stereocenters. The monoisotopic (exact) mass is 627 g/mol. The molecule has 2 aromatic carbocycles. The van der Waals surface area contributed by atoms with Crippen molar-refractivity contribution in [2.75, 3.05) is 6.54 Å². The zero-order chi connectivity index (χ0) is 29.4. The molecule has 2 aliphatic heterocycles. The number of imide groups is 1. The maximum absolute atomic E-state index is 13.4. The van der Waals surface area contributed by atoms with Gasteiger partial charge in [-0.2, -0.15) is 0 Å². The van der Waals surface area contributed by atoms with Gasteiger partial charge < -0.3 is 14.8 Å². The van der Waals surface area contributed by atoms with Crippen LogP contribution in [0, 0.1) is 39.7 Å². The largest absolute Gasteiger partial charge is 0.489 e. The molecule has 3 aromatic rings. The van der Waals surface area contributed by atoms with E-state index in [4.69, 9.17) is 16.3 Å². The van der Waals surface area contributed by atoms with Gasteiger partial charge in [-0.15, -0.1) is 11.8 Å². The summed E-state index contributed by atoms with van der Waals surface area (Å²) in [6.07, 6.45) is 0.594. The van der Waals surface area contributed by atoms with Gasteiger partial charge in [0, 0.05) is 44.3 Å². The molecule has 2 amide bonds. The Labute approximate surface area is 251 Å². The average Bonchev–Trinajstić information content (AvgIpc) is 3.68. The van der Waals surface area contributed by atoms with Crippen molar-refractivity contribution in [2.45, 2.75) is 29.2 Å². The number of nitro benzene ring substituents is 1. The van der Waals surface area contributed by atoms with Gasteiger partial charge in [0.25, 0.3) is 5.69 Å². The highest BCUT2D eigenvalue weighted by Gasteiger charge is 2.69. The molecule has 0 radical (unpaired) electrons. The van der Waals surface area contributed by atoms with Gasteiger partial charge in [0.2, 0.25) is 11.8 Å². The lowest BCUT2D eigenvalue weighted by Gasteiger charge is -2.43. The van der Waals surface area contributed by atoms with Gasteiger partial charge in [-0.1, -0.05) is 41.1 Å². The van der Waals surface area contributed by atoms with Crippen molar-refractivity contribution in [3.63, 3.8) is 0 Å². The molecule has 216 valence electrons. The first-order valence-corrected chi connectivity index (χ1v) is 15.3. The maximum Gasteiger partial charge on any atom is 0.323 e. The Hall–Kier alpha value is -3.68. The van der Waals surface area contributed by atoms with Gasteiger partial charge in [-0.05, 0) is 36.3 Å². The lowest BCUT2D eigenvalue weighted by molar-refractivity contribution is -0.385. The number of non-ortho nitro benzene ring substituents is 1. The number of thioether (sulfide) groups is 1. The second-order valence-corrected chi connectivity index (χ2v) is 13.6. The van der Waals surface area contributed by atoms with Crippen LogP contribution in [0.5, 0.6) is 5.75 Å². The molecule has 11 nitrogen and oxygen atoms in total. The van der Waals surface area contributed by atoms with Crippen molar-refractivity contribution >= 4 is 58.2 Å². The predicted molar refractivity (Wildman–Crippen MR) is 152 cm³/mol. The molecule has 2 saturated carbocycles. The van der Waals surface area contributed by atoms with Crippen molar-refractivity contribution in [3.05, 3.63) is 83.3 Å². The van der Waals surface area contributed by atoms with Crippen LogP contribution in [-0.4, -0.2) is 49.5 Å². The van der Waals surface area contributed by atoms with E-state index in [1.54, 1.807) is 18.2 Å². The van der Waals surface area contributed by atoms with E-state index in [1.165, 1.54) is 23.9 Å². The summed E-state index contributed by atoms with van der Waals surface area (Å²) < 4.78 is 6.24. The number of carboxylic acids is 1. The number of amides is 2. The van der Waals surface area contributed by atoms with Crippen LogP contribution in [0.25, 0.3) is 0 Å². The molecule has 3 fully saturated rings. The number of likely N-dealkylation sites (tertiary alicyclic amines) is 1. The van der Waals surface area contributed by atoms with Crippen LogP contribution in [0.3, 0.4) is 0 Å². The maximum atomic E-state index is 13.4. The predicted octanol–water partition coefficient (Wildman–Crippen LogP) is 4.13. The summed E-state index contributed by atoms with van der Waals surface area (Å²) in [6.45, 7) is -0.578. The number of halogens is 1. The highest BCUT2D eigenvalue weighted by atomic mass is 35.5. The number of hydrogen-bond donors (Lipinski definition) is 2. The molecule has 3 heterocycles. The number of aromatic nitrogens is 1. The third kappa shape index (κ3) is 4.08. The molecule has 7 rings (SSSR count). The van der Waals surface area contributed by atoms with Gasteiger partial charge in [0.15, 0.2) is 0 Å². The van der Waals surface area contributed by atoms with Crippen LogP contribution in [-0.2, 0) is 21.0 Å². The molecule has 1 saturated heterocycles. The first-order valence-electron chi connectivity index (χ1n) is 13.2. The molecule has 2 bridgehead atoms. The number of nitrogens with zero attached hydrogens (tertiary/aromatic N) is 2. The van der Waals surface area contributed by atoms with E-state index < -0.39 is 47.0 Å². The molecule has 1 aromatic heterocycles. The average molecular weight is 628 g/mol. The smallest absolute Gasteiger partial charge is 0.323 e. The fourth-order valence-electron chi connectivity index (χ4n) is 7.51. The summed E-state index contributed by atoms with van der Waals surface area (Å²) in [7, 11) is 0. The number of aromatic amines is 1. The van der Waals surface area contributed by atoms with E-state index in [-0.39, 0.29) is 40.2 Å². The number of aliphatic carboxylic acids is 1. The van der Waals surface area contributed by atoms with Crippen LogP contribution in [0.1, 0.15) is 28.3 Å². The number of benzene rings is 2. The number of H-pyrrole nitrogens is 1. The fourth-order valence-corrected chi connectivity index (χ4v) is 10.6. The van der Waals surface area contributed by atoms with Crippen molar-refractivity contribution in [2.24, 2.45) is 29.6 Å². The number of rotatable bonds is 7. The van der Waals surface area contributed by atoms with E-state index in [9.17, 15) is 34.4 Å². The van der Waals surface area contributed by atoms with Crippen molar-refractivity contribution < 1.29 is 29.2 Å². The van der Waals surface area contributed by atoms with E-state index in [0.717, 1.165) is 21.8 Å². The molecule has 4 aliphatic rings. The van der Waals surface area contributed by atoms with Gasteiger partial charge >= 0.3 is 10.8 Å². The van der Waals surface area contributed by atoms with Gasteiger partial charge in [-0.25, -0.2) is 0 Å². The van der Waals surface area contributed by atoms with Gasteiger partial charge in [0.1, 0.15) is 18.9 Å². The summed E-state index contributed by atoms with van der Waals surface area (Å²) in [5.74, 6) is -4.36. The summed E-state index contributed by atoms with van der Waals surface area (Å²) in [4.78, 5) is 66.4. The van der Waals surface area contributed by atoms with Crippen LogP contribution >= 0.6 is 34.7 Å². The standard InChI is InChI=1S/C28H22ClN3O8S2/c29-16-4-2-1-3-11(16)10-40-17-6-5-12(32(38)39)7-13(17)19-20-14-8-15(23(20)41-25-24(19)42-28(37)30-25)22-21(14)26(35)31(27(22)36)9-18(33)34/h1-7,14-15,19-23H,8-10H2,(H,30,37)(H,33,34)/t14-,15-,19+,20-,21+,22-,23+/m1/s1. The first-order chi connectivity index (χ1) is 20.1. The molecule has 2 aliphatic carbocycles. The Morgan fingerprint density at radius 2 is 1.88 bits per heavy atom. The minimum absolute atomic E-state index is 0.101. The molecular weight excluding hydrogens is 606 g/mol. The fraction of sp³-hybridized carbons (Fsp3) is 0.357. The number of hydrogen-bond acceptors (Lipinski definition) is 9. The zero-order valence-electron chi connectivity index (χ0n) is 21.6. The number of thiazole rings is 1. The molecular formula is C28H22ClN3O8S2. The summed E-state index contributed by atoms with van der Waals surface area (Å²) in [5.41, 5.74) is 1.10. The molecule has 42 heavy (non-hydrogen) atoms. The Bertz CT molecular complexity index is 1740. The van der Waals surface area contributed by atoms with Gasteiger partial charge in [0.05, 0.1) is 21.8 Å². The third-order valence-electron chi connectivity index (χ3n) is 8.99. The summed E-state index contributed by atoms with van der Waals surface area (Å²) in [6, 6.07) is 11.6. The first kappa shape index (κ1) is 27.2.